The highest BCUT2D eigenvalue weighted by molar-refractivity contribution is 6.05. The fourth-order valence-corrected chi connectivity index (χ4v) is 15.5. The number of hydrogen-bond donors (Lipinski definition) is 3. The van der Waals surface area contributed by atoms with E-state index >= 15 is 0 Å². The molecule has 9 nitrogen and oxygen atoms in total. The number of unbranched alkanes of at least 4 members (excludes halogenated alkanes) is 66. The van der Waals surface area contributed by atoms with Crippen LogP contribution in [0.1, 0.15) is 463 Å². The molecule has 9 heteroatoms. The molecule has 0 spiro atoms. The number of imide groups is 2. The molecule has 0 aromatic carbocycles. The minimum Gasteiger partial charge on any atom is -0.314 e. The minimum absolute atomic E-state index is 0.0552. The van der Waals surface area contributed by atoms with Crippen LogP contribution in [0.2, 0.25) is 0 Å². The van der Waals surface area contributed by atoms with Crippen molar-refractivity contribution in [2.45, 2.75) is 463 Å². The molecule has 4 amide bonds. The zero-order chi connectivity index (χ0) is 70.7. The Morgan fingerprint density at radius 2 is 0.404 bits per heavy atom. The van der Waals surface area contributed by atoms with Crippen LogP contribution < -0.4 is 16.0 Å². The third kappa shape index (κ3) is 60.6. The fourth-order valence-electron chi connectivity index (χ4n) is 15.5. The maximum atomic E-state index is 13.0. The van der Waals surface area contributed by atoms with E-state index in [1.165, 1.54) is 421 Å². The predicted molar refractivity (Wildman–Crippen MR) is 432 cm³/mol. The molecule has 2 unspecified atom stereocenters. The van der Waals surface area contributed by atoms with Gasteiger partial charge in [0.15, 0.2) is 0 Å². The molecule has 0 aromatic heterocycles. The molecule has 0 radical (unpaired) electrons. The molecular formula is C90H171N5O4. The van der Waals surface area contributed by atoms with Gasteiger partial charge >= 0.3 is 0 Å². The maximum Gasteiger partial charge on any atom is 0.236 e. The minimum atomic E-state index is -0.308. The second-order valence-electron chi connectivity index (χ2n) is 31.7. The molecule has 2 rings (SSSR count). The first-order valence-electron chi connectivity index (χ1n) is 45.1. The normalized spacial score (nSPS) is 15.2. The third-order valence-electron chi connectivity index (χ3n) is 22.2. The number of nitrogens with zero attached hydrogens (tertiary/aromatic N) is 2. The molecule has 2 saturated heterocycles. The molecule has 2 atom stereocenters. The Hall–Kier alpha value is -2.36. The van der Waals surface area contributed by atoms with E-state index < -0.39 is 0 Å². The van der Waals surface area contributed by atoms with Crippen molar-refractivity contribution in [1.29, 1.82) is 0 Å². The Labute approximate surface area is 617 Å². The average molecular weight is 1390 g/mol. The second-order valence-corrected chi connectivity index (χ2v) is 31.7. The van der Waals surface area contributed by atoms with E-state index in [9.17, 15) is 19.2 Å². The Balaban J connectivity index is 1.25. The molecule has 0 saturated carbocycles. The van der Waals surface area contributed by atoms with Gasteiger partial charge < -0.3 is 16.0 Å². The van der Waals surface area contributed by atoms with E-state index in [-0.39, 0.29) is 35.5 Å². The summed E-state index contributed by atoms with van der Waals surface area (Å²) in [5, 5.41) is 10.1. The molecule has 0 aromatic rings. The number of nitrogens with one attached hydrogen (secondary N) is 3. The highest BCUT2D eigenvalue weighted by Crippen LogP contribution is 2.25. The molecule has 2 heterocycles. The summed E-state index contributed by atoms with van der Waals surface area (Å²) in [5.74, 6) is -0.850. The first-order valence-corrected chi connectivity index (χ1v) is 45.1. The Morgan fingerprint density at radius 3 is 0.586 bits per heavy atom. The van der Waals surface area contributed by atoms with Crippen molar-refractivity contribution in [1.82, 2.24) is 25.8 Å². The quantitative estimate of drug-likeness (QED) is 0.0316. The van der Waals surface area contributed by atoms with Crippen molar-refractivity contribution in [3.63, 3.8) is 0 Å². The zero-order valence-corrected chi connectivity index (χ0v) is 66.6. The van der Waals surface area contributed by atoms with Crippen LogP contribution in [0, 0.1) is 11.8 Å². The van der Waals surface area contributed by atoms with Gasteiger partial charge in [0.05, 0.1) is 11.8 Å². The lowest BCUT2D eigenvalue weighted by Gasteiger charge is -2.15. The number of carbonyl (C=O) groups excluding carboxylic acids is 4. The summed E-state index contributed by atoms with van der Waals surface area (Å²) in [6, 6.07) is 0. The average Bonchev–Trinajstić information content (AvgIpc) is 1.71. The van der Waals surface area contributed by atoms with Crippen LogP contribution in [0.25, 0.3) is 0 Å². The van der Waals surface area contributed by atoms with E-state index in [0.717, 1.165) is 51.9 Å². The van der Waals surface area contributed by atoms with Crippen molar-refractivity contribution in [2.24, 2.45) is 11.8 Å². The molecule has 0 aliphatic carbocycles. The summed E-state index contributed by atoms with van der Waals surface area (Å²) >= 11 is 0. The first-order chi connectivity index (χ1) is 49.0. The van der Waals surface area contributed by atoms with Crippen LogP contribution in [0.5, 0.6) is 0 Å². The highest BCUT2D eigenvalue weighted by atomic mass is 16.2. The van der Waals surface area contributed by atoms with Crippen LogP contribution in [-0.4, -0.2) is 85.8 Å². The summed E-state index contributed by atoms with van der Waals surface area (Å²) in [6.45, 7) is 9.62. The van der Waals surface area contributed by atoms with Gasteiger partial charge in [-0.3, -0.25) is 29.0 Å². The van der Waals surface area contributed by atoms with Gasteiger partial charge in [-0.15, -0.1) is 0 Å². The van der Waals surface area contributed by atoms with Crippen LogP contribution in [0.4, 0.5) is 0 Å². The molecule has 2 fully saturated rings. The van der Waals surface area contributed by atoms with Crippen molar-refractivity contribution in [3.8, 4) is 0 Å². The lowest BCUT2D eigenvalue weighted by atomic mass is 10.0. The van der Waals surface area contributed by atoms with Gasteiger partial charge in [-0.2, -0.15) is 0 Å². The van der Waals surface area contributed by atoms with E-state index in [0.29, 0.717) is 39.0 Å². The van der Waals surface area contributed by atoms with Gasteiger partial charge in [0, 0.05) is 65.2 Å². The monoisotopic (exact) mass is 1390 g/mol. The number of hydrogen-bond acceptors (Lipinski definition) is 7. The lowest BCUT2D eigenvalue weighted by molar-refractivity contribution is -0.140. The van der Waals surface area contributed by atoms with Crippen molar-refractivity contribution < 1.29 is 19.2 Å². The number of carbonyl (C=O) groups is 4. The smallest absolute Gasteiger partial charge is 0.236 e. The molecule has 2 aliphatic rings. The van der Waals surface area contributed by atoms with Crippen LogP contribution in [0.15, 0.2) is 24.3 Å². The molecule has 3 N–H and O–H groups in total. The van der Waals surface area contributed by atoms with E-state index in [2.05, 4.69) is 41.9 Å². The summed E-state index contributed by atoms with van der Waals surface area (Å²) in [7, 11) is 0. The van der Waals surface area contributed by atoms with Crippen LogP contribution >= 0.6 is 0 Å². The van der Waals surface area contributed by atoms with Crippen molar-refractivity contribution in [2.75, 3.05) is 52.4 Å². The van der Waals surface area contributed by atoms with Gasteiger partial charge in [-0.1, -0.05) is 449 Å². The topological polar surface area (TPSA) is 111 Å². The zero-order valence-electron chi connectivity index (χ0n) is 66.6. The Morgan fingerprint density at radius 1 is 0.242 bits per heavy atom. The molecular weight excluding hydrogens is 1220 g/mol. The fraction of sp³-hybridized carbons (Fsp3) is 0.911. The van der Waals surface area contributed by atoms with Crippen molar-refractivity contribution >= 4 is 23.6 Å². The molecule has 580 valence electrons. The van der Waals surface area contributed by atoms with Gasteiger partial charge in [-0.25, -0.2) is 0 Å². The van der Waals surface area contributed by atoms with Gasteiger partial charge in [-0.05, 0) is 25.7 Å². The number of likely N-dealkylation sites (tertiary alicyclic amines) is 2. The van der Waals surface area contributed by atoms with Gasteiger partial charge in [0.1, 0.15) is 0 Å². The summed E-state index contributed by atoms with van der Waals surface area (Å²) < 4.78 is 0. The van der Waals surface area contributed by atoms with Gasteiger partial charge in [0.25, 0.3) is 0 Å². The number of rotatable bonds is 82. The standard InChI is InChI=1S/C90H171N5O4/c1-3-5-7-9-11-13-15-17-19-21-23-25-27-29-31-33-35-37-39-40-42-44-46-48-50-52-54-56-58-60-62-64-66-68-70-72-74-86-84-88(97)95(90(86)99)82-80-93-78-76-91-75-77-92-79-81-94-87(96)83-85(89(94)98)73-71-69-67-65-63-61-59-57-55-53-51-49-47-45-43-41-38-36-34-32-30-28-26-24-22-20-18-16-14-12-10-8-6-4-2/h71-74,85-86,91-93H,3-70,75-84H2,1-2H3. The second kappa shape index (κ2) is 75.3. The Kier molecular flexibility index (Phi) is 70.5. The molecule has 2 aliphatic heterocycles. The molecule has 99 heavy (non-hydrogen) atoms. The van der Waals surface area contributed by atoms with E-state index in [1.54, 1.807) is 0 Å². The number of amides is 4. The molecule has 0 bridgehead atoms. The first kappa shape index (κ1) is 92.7. The third-order valence-corrected chi connectivity index (χ3v) is 22.2. The summed E-state index contributed by atoms with van der Waals surface area (Å²) in [5.41, 5.74) is 0. The lowest BCUT2D eigenvalue weighted by Crippen LogP contribution is -2.40. The van der Waals surface area contributed by atoms with Gasteiger partial charge in [0.2, 0.25) is 23.6 Å². The number of allylic oxidation sites excluding steroid dienone is 2. The largest absolute Gasteiger partial charge is 0.314 e. The van der Waals surface area contributed by atoms with Crippen LogP contribution in [0.3, 0.4) is 0 Å². The van der Waals surface area contributed by atoms with E-state index in [4.69, 9.17) is 0 Å². The van der Waals surface area contributed by atoms with Crippen molar-refractivity contribution in [3.05, 3.63) is 24.3 Å². The van der Waals surface area contributed by atoms with Crippen LogP contribution in [-0.2, 0) is 19.2 Å². The SMILES string of the molecule is CCCCCCCCCCCCCCCCCCCCCCCCCCCCCCCCCCC=CC1CC(=O)N(CCNCCNCCNCCN2C(=O)CC(C=CCCCCCCCCCCCCCCCCCCCCCCCCCCCCCCCCCCCC)C2=O)C1=O. The predicted octanol–water partition coefficient (Wildman–Crippen LogP) is 26.2. The highest BCUT2D eigenvalue weighted by Gasteiger charge is 2.37. The Bertz CT molecular complexity index is 1800. The maximum absolute atomic E-state index is 13.0. The summed E-state index contributed by atoms with van der Waals surface area (Å²) in [4.78, 5) is 54.3. The van der Waals surface area contributed by atoms with E-state index in [1.807, 2.05) is 12.2 Å². The summed E-state index contributed by atoms with van der Waals surface area (Å²) in [6.07, 6.45) is 105.